The molecule has 1 aliphatic rings. The Balaban J connectivity index is 1.85. The van der Waals surface area contributed by atoms with E-state index < -0.39 is 5.41 Å². The van der Waals surface area contributed by atoms with E-state index in [9.17, 15) is 0 Å². The highest BCUT2D eigenvalue weighted by Gasteiger charge is 2.46. The molecule has 4 heteroatoms. The minimum atomic E-state index is -0.538. The molecule has 30 heavy (non-hydrogen) atoms. The molecular formula is C26H18ClN3. The van der Waals surface area contributed by atoms with Crippen molar-refractivity contribution in [2.75, 3.05) is 5.32 Å². The predicted octanol–water partition coefficient (Wildman–Crippen LogP) is 6.43. The van der Waals surface area contributed by atoms with Crippen LogP contribution in [0.3, 0.4) is 0 Å². The lowest BCUT2D eigenvalue weighted by Gasteiger charge is -2.40. The summed E-state index contributed by atoms with van der Waals surface area (Å²) in [7, 11) is 0. The van der Waals surface area contributed by atoms with E-state index in [1.165, 1.54) is 16.7 Å². The van der Waals surface area contributed by atoms with Gasteiger partial charge in [-0.05, 0) is 34.9 Å². The third kappa shape index (κ3) is 2.30. The van der Waals surface area contributed by atoms with Crippen molar-refractivity contribution in [1.82, 2.24) is 9.38 Å². The molecule has 1 aliphatic heterocycles. The van der Waals surface area contributed by atoms with Crippen LogP contribution in [0.15, 0.2) is 103 Å². The SMILES string of the molecule is Clc1ccc2nc3c(n2c1)C(c1ccccc1)(c1ccccc1)c1ccccc1N3. The Morgan fingerprint density at radius 2 is 1.37 bits per heavy atom. The van der Waals surface area contributed by atoms with Crippen molar-refractivity contribution in [2.45, 2.75) is 5.41 Å². The molecule has 5 aromatic rings. The Kier molecular flexibility index (Phi) is 3.74. The fourth-order valence-corrected chi connectivity index (χ4v) is 4.93. The average molecular weight is 408 g/mol. The highest BCUT2D eigenvalue weighted by molar-refractivity contribution is 6.30. The first-order valence-corrected chi connectivity index (χ1v) is 10.3. The quantitative estimate of drug-likeness (QED) is 0.358. The van der Waals surface area contributed by atoms with E-state index in [0.29, 0.717) is 5.02 Å². The Bertz CT molecular complexity index is 1330. The summed E-state index contributed by atoms with van der Waals surface area (Å²) >= 11 is 6.43. The summed E-state index contributed by atoms with van der Waals surface area (Å²) < 4.78 is 2.13. The summed E-state index contributed by atoms with van der Waals surface area (Å²) in [6, 6.07) is 33.6. The molecule has 0 amide bonds. The molecule has 0 fully saturated rings. The Morgan fingerprint density at radius 3 is 2.07 bits per heavy atom. The van der Waals surface area contributed by atoms with Gasteiger partial charge >= 0.3 is 0 Å². The zero-order valence-corrected chi connectivity index (χ0v) is 16.8. The number of nitrogens with zero attached hydrogens (tertiary/aromatic N) is 2. The number of halogens is 1. The normalized spacial score (nSPS) is 14.0. The van der Waals surface area contributed by atoms with Crippen molar-refractivity contribution in [3.8, 4) is 0 Å². The van der Waals surface area contributed by atoms with E-state index in [4.69, 9.17) is 16.6 Å². The van der Waals surface area contributed by atoms with Crippen LogP contribution in [0, 0.1) is 0 Å². The minimum Gasteiger partial charge on any atom is -0.338 e. The molecule has 2 aromatic heterocycles. The van der Waals surface area contributed by atoms with E-state index >= 15 is 0 Å². The second-order valence-electron chi connectivity index (χ2n) is 7.54. The fraction of sp³-hybridized carbons (Fsp3) is 0.0385. The topological polar surface area (TPSA) is 29.3 Å². The number of pyridine rings is 1. The predicted molar refractivity (Wildman–Crippen MR) is 122 cm³/mol. The number of rotatable bonds is 2. The summed E-state index contributed by atoms with van der Waals surface area (Å²) in [5.41, 5.74) is 6.02. The van der Waals surface area contributed by atoms with Crippen LogP contribution in [0.5, 0.6) is 0 Å². The molecule has 0 spiro atoms. The molecule has 0 unspecified atom stereocenters. The molecular weight excluding hydrogens is 390 g/mol. The largest absolute Gasteiger partial charge is 0.338 e. The molecule has 6 rings (SSSR count). The van der Waals surface area contributed by atoms with E-state index in [-0.39, 0.29) is 0 Å². The second kappa shape index (κ2) is 6.48. The number of hydrogen-bond donors (Lipinski definition) is 1. The van der Waals surface area contributed by atoms with Gasteiger partial charge in [0.1, 0.15) is 5.65 Å². The fourth-order valence-electron chi connectivity index (χ4n) is 4.77. The van der Waals surface area contributed by atoms with Crippen molar-refractivity contribution in [1.29, 1.82) is 0 Å². The third-order valence-corrected chi connectivity index (χ3v) is 6.16. The van der Waals surface area contributed by atoms with Crippen LogP contribution in [0.1, 0.15) is 22.4 Å². The lowest BCUT2D eigenvalue weighted by molar-refractivity contribution is 0.701. The number of benzene rings is 3. The minimum absolute atomic E-state index is 0.538. The third-order valence-electron chi connectivity index (χ3n) is 5.94. The molecule has 0 atom stereocenters. The van der Waals surface area contributed by atoms with Gasteiger partial charge in [-0.15, -0.1) is 0 Å². The molecule has 3 aromatic carbocycles. The van der Waals surface area contributed by atoms with Gasteiger partial charge in [-0.1, -0.05) is 90.5 Å². The molecule has 0 aliphatic carbocycles. The lowest BCUT2D eigenvalue weighted by Crippen LogP contribution is -2.36. The summed E-state index contributed by atoms with van der Waals surface area (Å²) in [5.74, 6) is 0.851. The first kappa shape index (κ1) is 17.3. The lowest BCUT2D eigenvalue weighted by atomic mass is 9.65. The second-order valence-corrected chi connectivity index (χ2v) is 7.97. The molecule has 144 valence electrons. The first-order chi connectivity index (χ1) is 14.8. The van der Waals surface area contributed by atoms with Gasteiger partial charge in [0.05, 0.1) is 16.1 Å². The van der Waals surface area contributed by atoms with Crippen LogP contribution in [0.2, 0.25) is 5.02 Å². The van der Waals surface area contributed by atoms with E-state index in [1.54, 1.807) is 0 Å². The Morgan fingerprint density at radius 1 is 0.733 bits per heavy atom. The monoisotopic (exact) mass is 407 g/mol. The van der Waals surface area contributed by atoms with Crippen molar-refractivity contribution < 1.29 is 0 Å². The van der Waals surface area contributed by atoms with Gasteiger partial charge in [0, 0.05) is 11.9 Å². The molecule has 0 radical (unpaired) electrons. The number of aromatic nitrogens is 2. The molecule has 1 N–H and O–H groups in total. The molecule has 3 nitrogen and oxygen atoms in total. The average Bonchev–Trinajstić information content (AvgIpc) is 3.16. The standard InChI is InChI=1S/C26H18ClN3/c27-20-15-16-23-29-25-24(30(23)17-20)26(18-9-3-1-4-10-18,19-11-5-2-6-12-19)21-13-7-8-14-22(21)28-25/h1-17,28H. The van der Waals surface area contributed by atoms with Crippen LogP contribution in [0.4, 0.5) is 11.5 Å². The Hall–Kier alpha value is -3.56. The van der Waals surface area contributed by atoms with Gasteiger partial charge in [-0.2, -0.15) is 0 Å². The molecule has 0 saturated heterocycles. The van der Waals surface area contributed by atoms with Crippen molar-refractivity contribution in [3.63, 3.8) is 0 Å². The van der Waals surface area contributed by atoms with Gasteiger partial charge in [-0.25, -0.2) is 4.98 Å². The first-order valence-electron chi connectivity index (χ1n) is 9.94. The number of hydrogen-bond acceptors (Lipinski definition) is 2. The number of imidazole rings is 1. The van der Waals surface area contributed by atoms with Gasteiger partial charge < -0.3 is 5.32 Å². The van der Waals surface area contributed by atoms with Crippen LogP contribution in [-0.2, 0) is 5.41 Å². The zero-order valence-electron chi connectivity index (χ0n) is 16.1. The van der Waals surface area contributed by atoms with Crippen LogP contribution in [0.25, 0.3) is 5.65 Å². The number of anilines is 2. The number of para-hydroxylation sites is 1. The summed E-state index contributed by atoms with van der Waals surface area (Å²) in [4.78, 5) is 4.93. The van der Waals surface area contributed by atoms with Gasteiger partial charge in [0.2, 0.25) is 0 Å². The highest BCUT2D eigenvalue weighted by Crippen LogP contribution is 2.53. The maximum atomic E-state index is 6.43. The highest BCUT2D eigenvalue weighted by atomic mass is 35.5. The van der Waals surface area contributed by atoms with Crippen molar-refractivity contribution in [3.05, 3.63) is 131 Å². The van der Waals surface area contributed by atoms with E-state index in [1.807, 2.05) is 18.3 Å². The van der Waals surface area contributed by atoms with Crippen molar-refractivity contribution >= 4 is 28.8 Å². The van der Waals surface area contributed by atoms with Gasteiger partial charge in [0.15, 0.2) is 5.82 Å². The van der Waals surface area contributed by atoms with E-state index in [2.05, 4.69) is 94.6 Å². The Labute approximate surface area is 179 Å². The molecule has 3 heterocycles. The van der Waals surface area contributed by atoms with Crippen LogP contribution >= 0.6 is 11.6 Å². The molecule has 0 bridgehead atoms. The molecule has 0 saturated carbocycles. The summed E-state index contributed by atoms with van der Waals surface area (Å²) in [5, 5.41) is 4.25. The van der Waals surface area contributed by atoms with Gasteiger partial charge in [-0.3, -0.25) is 4.40 Å². The van der Waals surface area contributed by atoms with Gasteiger partial charge in [0.25, 0.3) is 0 Å². The smallest absolute Gasteiger partial charge is 0.154 e. The van der Waals surface area contributed by atoms with Crippen molar-refractivity contribution in [2.24, 2.45) is 0 Å². The maximum Gasteiger partial charge on any atom is 0.154 e. The maximum absolute atomic E-state index is 6.43. The summed E-state index contributed by atoms with van der Waals surface area (Å²) in [6.45, 7) is 0. The number of nitrogens with one attached hydrogen (secondary N) is 1. The van der Waals surface area contributed by atoms with Crippen LogP contribution in [-0.4, -0.2) is 9.38 Å². The number of fused-ring (bicyclic) bond motifs is 4. The van der Waals surface area contributed by atoms with E-state index in [0.717, 1.165) is 22.8 Å². The summed E-state index contributed by atoms with van der Waals surface area (Å²) in [6.07, 6.45) is 1.96. The zero-order chi connectivity index (χ0) is 20.1. The van der Waals surface area contributed by atoms with Crippen LogP contribution < -0.4 is 5.32 Å².